The first-order valence-corrected chi connectivity index (χ1v) is 8.60. The van der Waals surface area contributed by atoms with E-state index in [1.165, 1.54) is 43.6 Å². The summed E-state index contributed by atoms with van der Waals surface area (Å²) in [6.07, 6.45) is 3.32. The van der Waals surface area contributed by atoms with Crippen LogP contribution in [0.15, 0.2) is 0 Å². The van der Waals surface area contributed by atoms with Gasteiger partial charge in [-0.1, -0.05) is 20.8 Å². The lowest BCUT2D eigenvalue weighted by Gasteiger charge is -2.19. The van der Waals surface area contributed by atoms with Crippen molar-refractivity contribution in [2.24, 2.45) is 0 Å². The Kier molecular flexibility index (Phi) is 13.5. The van der Waals surface area contributed by atoms with Crippen LogP contribution in [0.4, 0.5) is 0 Å². The molecule has 0 aliphatic carbocycles. The molecule has 0 saturated heterocycles. The van der Waals surface area contributed by atoms with Gasteiger partial charge in [-0.3, -0.25) is 14.1 Å². The highest BCUT2D eigenvalue weighted by Gasteiger charge is 2.11. The fraction of sp³-hybridized carbons (Fsp3) is 0.846. The lowest BCUT2D eigenvalue weighted by atomic mass is 10.3. The summed E-state index contributed by atoms with van der Waals surface area (Å²) in [7, 11) is -4.52. The highest BCUT2D eigenvalue weighted by molar-refractivity contribution is 7.84. The average molecular weight is 324 g/mol. The van der Waals surface area contributed by atoms with E-state index in [-0.39, 0.29) is 0 Å². The third kappa shape index (κ3) is 19.0. The molecule has 1 amide bonds. The maximum atomic E-state index is 10.4. The molecule has 2 N–H and O–H groups in total. The van der Waals surface area contributed by atoms with Crippen LogP contribution in [-0.2, 0) is 19.9 Å². The summed E-state index contributed by atoms with van der Waals surface area (Å²) < 4.78 is 29.1. The molecule has 0 rings (SSSR count). The van der Waals surface area contributed by atoms with Crippen LogP contribution in [0.2, 0.25) is 0 Å². The maximum Gasteiger partial charge on any atom is 0.359 e. The molecule has 0 aliphatic heterocycles. The van der Waals surface area contributed by atoms with E-state index in [2.05, 4.69) is 25.7 Å². The third-order valence-electron chi connectivity index (χ3n) is 2.27. The number of rotatable bonds is 9. The van der Waals surface area contributed by atoms with Gasteiger partial charge in [0.15, 0.2) is 0 Å². The van der Waals surface area contributed by atoms with E-state index in [0.717, 1.165) is 6.92 Å². The minimum absolute atomic E-state index is 0.480. The normalized spacial score (nSPS) is 10.8. The van der Waals surface area contributed by atoms with E-state index >= 15 is 0 Å². The van der Waals surface area contributed by atoms with Gasteiger partial charge in [0, 0.05) is 0 Å². The van der Waals surface area contributed by atoms with Gasteiger partial charge in [-0.05, 0) is 45.8 Å². The summed E-state index contributed by atoms with van der Waals surface area (Å²) in [4.78, 5) is 23.1. The average Bonchev–Trinajstić information content (AvgIpc) is 2.27. The fourth-order valence-corrected chi connectivity index (χ4v) is 2.05. The van der Waals surface area contributed by atoms with E-state index in [0.29, 0.717) is 0 Å². The number of hydrogen-bond acceptors (Lipinski definition) is 5. The molecule has 21 heavy (non-hydrogen) atoms. The molecule has 0 saturated carbocycles. The van der Waals surface area contributed by atoms with Gasteiger partial charge in [-0.2, -0.15) is 8.42 Å². The van der Waals surface area contributed by atoms with Crippen LogP contribution in [0.25, 0.3) is 0 Å². The number of nitrogens with one attached hydrogen (secondary N) is 1. The van der Waals surface area contributed by atoms with Crippen LogP contribution >= 0.6 is 0 Å². The van der Waals surface area contributed by atoms with Crippen LogP contribution in [-0.4, -0.2) is 49.2 Å². The smallest absolute Gasteiger partial charge is 0.303 e. The quantitative estimate of drug-likeness (QED) is 0.491. The molecule has 0 aromatic heterocycles. The molecule has 0 radical (unpaired) electrons. The van der Waals surface area contributed by atoms with Crippen molar-refractivity contribution in [3.05, 3.63) is 0 Å². The Morgan fingerprint density at radius 2 is 1.38 bits per heavy atom. The summed E-state index contributed by atoms with van der Waals surface area (Å²) in [5.41, 5.74) is 0. The Bertz CT molecular complexity index is 381. The zero-order chi connectivity index (χ0) is 16.9. The van der Waals surface area contributed by atoms with Crippen molar-refractivity contribution in [1.82, 2.24) is 9.62 Å². The summed E-state index contributed by atoms with van der Waals surface area (Å²) in [5, 5.41) is 0. The van der Waals surface area contributed by atoms with Crippen molar-refractivity contribution >= 4 is 22.0 Å². The molecule has 0 unspecified atom stereocenters. The number of amides is 1. The van der Waals surface area contributed by atoms with Gasteiger partial charge in [0.05, 0.1) is 6.42 Å². The number of Topliss-reactive ketones (excluding diaryl/α,β-unsaturated/α-hetero) is 1. The lowest BCUT2D eigenvalue weighted by Crippen LogP contribution is -2.30. The second kappa shape index (κ2) is 12.7. The zero-order valence-corrected chi connectivity index (χ0v) is 14.2. The van der Waals surface area contributed by atoms with E-state index in [1.807, 2.05) is 0 Å². The van der Waals surface area contributed by atoms with Gasteiger partial charge in [0.1, 0.15) is 5.78 Å². The van der Waals surface area contributed by atoms with Crippen molar-refractivity contribution in [3.8, 4) is 0 Å². The first-order chi connectivity index (χ1) is 9.66. The van der Waals surface area contributed by atoms with E-state index in [1.54, 1.807) is 0 Å². The molecule has 0 bridgehead atoms. The van der Waals surface area contributed by atoms with Gasteiger partial charge < -0.3 is 4.90 Å². The summed E-state index contributed by atoms with van der Waals surface area (Å²) in [5.74, 6) is -1.52. The highest BCUT2D eigenvalue weighted by Crippen LogP contribution is 1.94. The number of carbonyl (C=O) groups is 2. The first-order valence-electron chi connectivity index (χ1n) is 7.16. The predicted octanol–water partition coefficient (Wildman–Crippen LogP) is 1.40. The number of ketones is 1. The Balaban J connectivity index is 0. The van der Waals surface area contributed by atoms with Gasteiger partial charge in [0.25, 0.3) is 0 Å². The van der Waals surface area contributed by atoms with E-state index in [4.69, 9.17) is 4.55 Å². The Morgan fingerprint density at radius 1 is 1.00 bits per heavy atom. The number of carbonyl (C=O) groups excluding carboxylic acids is 2. The molecule has 0 aliphatic rings. The minimum atomic E-state index is -4.52. The predicted molar refractivity (Wildman–Crippen MR) is 82.3 cm³/mol. The van der Waals surface area contributed by atoms with Crippen molar-refractivity contribution in [1.29, 1.82) is 0 Å². The number of hydrogen-bond donors (Lipinski definition) is 2. The monoisotopic (exact) mass is 324 g/mol. The van der Waals surface area contributed by atoms with Crippen molar-refractivity contribution < 1.29 is 22.6 Å². The van der Waals surface area contributed by atoms with E-state index < -0.39 is 28.4 Å². The molecule has 0 aromatic carbocycles. The van der Waals surface area contributed by atoms with Crippen LogP contribution < -0.4 is 4.72 Å². The third-order valence-corrected chi connectivity index (χ3v) is 2.76. The lowest BCUT2D eigenvalue weighted by molar-refractivity contribution is -0.126. The van der Waals surface area contributed by atoms with Gasteiger partial charge >= 0.3 is 10.3 Å². The number of nitrogens with zero attached hydrogens (tertiary/aromatic N) is 1. The van der Waals surface area contributed by atoms with Gasteiger partial charge in [-0.15, -0.1) is 0 Å². The molecule has 0 fully saturated rings. The van der Waals surface area contributed by atoms with Crippen LogP contribution in [0, 0.1) is 0 Å². The fourth-order valence-electron chi connectivity index (χ4n) is 1.69. The molecule has 0 aromatic rings. The molecule has 0 atom stereocenters. The molecular formula is C13H28N2O5S. The Morgan fingerprint density at radius 3 is 1.62 bits per heavy atom. The summed E-state index contributed by atoms with van der Waals surface area (Å²) in [6, 6.07) is 0. The Labute approximate surface area is 128 Å². The molecule has 0 spiro atoms. The van der Waals surface area contributed by atoms with Crippen molar-refractivity contribution in [3.63, 3.8) is 0 Å². The van der Waals surface area contributed by atoms with Crippen LogP contribution in [0.1, 0.15) is 53.4 Å². The van der Waals surface area contributed by atoms with Crippen molar-refractivity contribution in [2.75, 3.05) is 19.6 Å². The second-order valence-corrected chi connectivity index (χ2v) is 5.87. The van der Waals surface area contributed by atoms with Crippen molar-refractivity contribution in [2.45, 2.75) is 53.4 Å². The van der Waals surface area contributed by atoms with E-state index in [9.17, 15) is 18.0 Å². The SMILES string of the molecule is CC(=O)CC(=O)NS(=O)(=O)O.CCCN(CCC)CCC. The molecule has 8 heteroatoms. The topological polar surface area (TPSA) is 104 Å². The Hall–Kier alpha value is -0.990. The molecule has 126 valence electrons. The van der Waals surface area contributed by atoms with Gasteiger partial charge in [0.2, 0.25) is 5.91 Å². The minimum Gasteiger partial charge on any atom is -0.303 e. The summed E-state index contributed by atoms with van der Waals surface area (Å²) in [6.45, 7) is 11.7. The second-order valence-electron chi connectivity index (χ2n) is 4.72. The maximum absolute atomic E-state index is 10.4. The van der Waals surface area contributed by atoms with Gasteiger partial charge in [-0.25, -0.2) is 4.72 Å². The zero-order valence-electron chi connectivity index (χ0n) is 13.4. The first kappa shape index (κ1) is 22.3. The standard InChI is InChI=1S/C9H21N.C4H7NO5S/c1-4-7-10(8-5-2)9-6-3;1-3(6)2-4(7)5-11(8,9)10/h4-9H2,1-3H3;2H2,1H3,(H,5,7)(H,8,9,10). The molecular weight excluding hydrogens is 296 g/mol. The highest BCUT2D eigenvalue weighted by atomic mass is 32.2. The summed E-state index contributed by atoms with van der Waals surface area (Å²) >= 11 is 0. The largest absolute Gasteiger partial charge is 0.359 e. The molecule has 0 heterocycles. The van der Waals surface area contributed by atoms with Crippen LogP contribution in [0.5, 0.6) is 0 Å². The van der Waals surface area contributed by atoms with Crippen LogP contribution in [0.3, 0.4) is 0 Å². The molecule has 7 nitrogen and oxygen atoms in total.